The molecule has 4 nitrogen and oxygen atoms in total. The molecule has 0 aliphatic carbocycles. The van der Waals surface area contributed by atoms with Crippen LogP contribution >= 0.6 is 15.9 Å². The average molecular weight is 358 g/mol. The number of para-hydroxylation sites is 1. The quantitative estimate of drug-likeness (QED) is 0.520. The summed E-state index contributed by atoms with van der Waals surface area (Å²) in [6.45, 7) is 0. The van der Waals surface area contributed by atoms with E-state index in [1.165, 1.54) is 0 Å². The van der Waals surface area contributed by atoms with E-state index in [0.717, 1.165) is 11.1 Å². The van der Waals surface area contributed by atoms with Gasteiger partial charge in [-0.3, -0.25) is 0 Å². The number of carbonyl (C=O) groups excluding carboxylic acids is 1. The van der Waals surface area contributed by atoms with Gasteiger partial charge in [-0.25, -0.2) is 9.78 Å². The highest BCUT2D eigenvalue weighted by Crippen LogP contribution is 2.25. The number of carbonyl (C=O) groups is 1. The molecule has 0 N–H and O–H groups in total. The summed E-state index contributed by atoms with van der Waals surface area (Å²) in [5.74, 6) is 0.714. The van der Waals surface area contributed by atoms with Gasteiger partial charge in [0.2, 0.25) is 0 Å². The molecule has 0 saturated heterocycles. The zero-order valence-corrected chi connectivity index (χ0v) is 13.3. The second-order valence-electron chi connectivity index (χ2n) is 4.58. The molecule has 5 heteroatoms. The van der Waals surface area contributed by atoms with Gasteiger partial charge in [0.15, 0.2) is 0 Å². The van der Waals surface area contributed by atoms with Gasteiger partial charge in [0.25, 0.3) is 0 Å². The fourth-order valence-electron chi connectivity index (χ4n) is 2.02. The van der Waals surface area contributed by atoms with Crippen LogP contribution in [0.5, 0.6) is 11.5 Å². The molecule has 0 atom stereocenters. The first-order valence-corrected chi connectivity index (χ1v) is 7.38. The number of hydrogen-bond donors (Lipinski definition) is 0. The van der Waals surface area contributed by atoms with Crippen LogP contribution in [0.1, 0.15) is 10.5 Å². The van der Waals surface area contributed by atoms with Gasteiger partial charge >= 0.3 is 5.97 Å². The molecule has 110 valence electrons. The Morgan fingerprint density at radius 1 is 1.09 bits per heavy atom. The summed E-state index contributed by atoms with van der Waals surface area (Å²) in [6, 6.07) is 16.1. The highest BCUT2D eigenvalue weighted by atomic mass is 79.9. The molecule has 0 unspecified atom stereocenters. The van der Waals surface area contributed by atoms with Gasteiger partial charge in [-0.15, -0.1) is 0 Å². The number of methoxy groups -OCH3 is 1. The van der Waals surface area contributed by atoms with Crippen LogP contribution in [0.25, 0.3) is 10.9 Å². The van der Waals surface area contributed by atoms with Gasteiger partial charge in [0.05, 0.1) is 17.1 Å². The number of aromatic nitrogens is 1. The van der Waals surface area contributed by atoms with Crippen molar-refractivity contribution in [3.8, 4) is 11.5 Å². The Kier molecular flexibility index (Phi) is 4.06. The summed E-state index contributed by atoms with van der Waals surface area (Å²) in [5.41, 5.74) is 0.968. The van der Waals surface area contributed by atoms with Crippen molar-refractivity contribution in [2.24, 2.45) is 0 Å². The first kappa shape index (κ1) is 14.5. The Morgan fingerprint density at radius 2 is 1.91 bits per heavy atom. The fourth-order valence-corrected chi connectivity index (χ4v) is 2.39. The van der Waals surface area contributed by atoms with Gasteiger partial charge in [-0.2, -0.15) is 0 Å². The van der Waals surface area contributed by atoms with Crippen molar-refractivity contribution in [3.05, 3.63) is 64.8 Å². The molecule has 0 spiro atoms. The van der Waals surface area contributed by atoms with E-state index in [0.29, 0.717) is 15.7 Å². The van der Waals surface area contributed by atoms with Crippen LogP contribution in [0.4, 0.5) is 0 Å². The van der Waals surface area contributed by atoms with Crippen LogP contribution in [0.2, 0.25) is 0 Å². The molecule has 1 heterocycles. The lowest BCUT2D eigenvalue weighted by Crippen LogP contribution is -2.10. The van der Waals surface area contributed by atoms with Gasteiger partial charge in [0.1, 0.15) is 17.2 Å². The van der Waals surface area contributed by atoms with Gasteiger partial charge in [0, 0.05) is 5.39 Å². The van der Waals surface area contributed by atoms with E-state index in [1.807, 2.05) is 30.3 Å². The van der Waals surface area contributed by atoms with Gasteiger partial charge in [-0.1, -0.05) is 18.2 Å². The lowest BCUT2D eigenvalue weighted by atomic mass is 10.2. The number of hydrogen-bond acceptors (Lipinski definition) is 4. The second-order valence-corrected chi connectivity index (χ2v) is 5.43. The van der Waals surface area contributed by atoms with Crippen LogP contribution in [0.3, 0.4) is 0 Å². The zero-order valence-electron chi connectivity index (χ0n) is 11.7. The SMILES string of the molecule is COc1ccc2nc(C(=O)Oc3ccccc3Br)ccc2c1. The van der Waals surface area contributed by atoms with Crippen molar-refractivity contribution in [2.75, 3.05) is 7.11 Å². The minimum Gasteiger partial charge on any atom is -0.497 e. The standard InChI is InChI=1S/C17H12BrNO3/c1-21-12-7-9-14-11(10-12)6-8-15(19-14)17(20)22-16-5-3-2-4-13(16)18/h2-10H,1H3. The number of benzene rings is 2. The summed E-state index contributed by atoms with van der Waals surface area (Å²) in [4.78, 5) is 16.5. The van der Waals surface area contributed by atoms with Gasteiger partial charge in [-0.05, 0) is 52.3 Å². The summed E-state index contributed by atoms with van der Waals surface area (Å²) in [7, 11) is 1.61. The van der Waals surface area contributed by atoms with Crippen LogP contribution in [-0.4, -0.2) is 18.1 Å². The van der Waals surface area contributed by atoms with Crippen molar-refractivity contribution < 1.29 is 14.3 Å². The number of pyridine rings is 1. The number of esters is 1. The van der Waals surface area contributed by atoms with E-state index in [9.17, 15) is 4.79 Å². The lowest BCUT2D eigenvalue weighted by molar-refractivity contribution is 0.0728. The normalized spacial score (nSPS) is 10.5. The van der Waals surface area contributed by atoms with Crippen LogP contribution in [0.15, 0.2) is 59.1 Å². The molecule has 3 rings (SSSR count). The largest absolute Gasteiger partial charge is 0.497 e. The molecule has 22 heavy (non-hydrogen) atoms. The monoisotopic (exact) mass is 357 g/mol. The maximum atomic E-state index is 12.2. The zero-order chi connectivity index (χ0) is 15.5. The third kappa shape index (κ3) is 2.94. The van der Waals surface area contributed by atoms with E-state index in [-0.39, 0.29) is 5.69 Å². The summed E-state index contributed by atoms with van der Waals surface area (Å²) >= 11 is 3.34. The number of fused-ring (bicyclic) bond motifs is 1. The highest BCUT2D eigenvalue weighted by Gasteiger charge is 2.12. The van der Waals surface area contributed by atoms with E-state index in [2.05, 4.69) is 20.9 Å². The fraction of sp³-hybridized carbons (Fsp3) is 0.0588. The van der Waals surface area contributed by atoms with E-state index in [1.54, 1.807) is 31.4 Å². The van der Waals surface area contributed by atoms with Gasteiger partial charge < -0.3 is 9.47 Å². The predicted molar refractivity (Wildman–Crippen MR) is 87.4 cm³/mol. The smallest absolute Gasteiger partial charge is 0.362 e. The maximum absolute atomic E-state index is 12.2. The molecular formula is C17H12BrNO3. The Balaban J connectivity index is 1.90. The Labute approximate surface area is 135 Å². The average Bonchev–Trinajstić information content (AvgIpc) is 2.56. The minimum absolute atomic E-state index is 0.258. The molecule has 0 fully saturated rings. The second kappa shape index (κ2) is 6.15. The minimum atomic E-state index is -0.496. The molecule has 1 aromatic heterocycles. The highest BCUT2D eigenvalue weighted by molar-refractivity contribution is 9.10. The lowest BCUT2D eigenvalue weighted by Gasteiger charge is -2.07. The van der Waals surface area contributed by atoms with Crippen molar-refractivity contribution in [3.63, 3.8) is 0 Å². The molecule has 2 aromatic carbocycles. The van der Waals surface area contributed by atoms with E-state index >= 15 is 0 Å². The third-order valence-electron chi connectivity index (χ3n) is 3.14. The first-order valence-electron chi connectivity index (χ1n) is 6.59. The number of rotatable bonds is 3. The van der Waals surface area contributed by atoms with E-state index in [4.69, 9.17) is 9.47 Å². The van der Waals surface area contributed by atoms with Crippen LogP contribution in [-0.2, 0) is 0 Å². The maximum Gasteiger partial charge on any atom is 0.362 e. The van der Waals surface area contributed by atoms with Crippen LogP contribution in [0, 0.1) is 0 Å². The molecular weight excluding hydrogens is 346 g/mol. The molecule has 0 radical (unpaired) electrons. The topological polar surface area (TPSA) is 48.4 Å². The Hall–Kier alpha value is -2.40. The molecule has 0 aliphatic heterocycles. The molecule has 0 bridgehead atoms. The number of nitrogens with zero attached hydrogens (tertiary/aromatic N) is 1. The Morgan fingerprint density at radius 3 is 2.68 bits per heavy atom. The molecule has 3 aromatic rings. The summed E-state index contributed by atoms with van der Waals surface area (Å²) < 4.78 is 11.2. The van der Waals surface area contributed by atoms with Crippen LogP contribution < -0.4 is 9.47 Å². The van der Waals surface area contributed by atoms with E-state index < -0.39 is 5.97 Å². The summed E-state index contributed by atoms with van der Waals surface area (Å²) in [6.07, 6.45) is 0. The van der Waals surface area contributed by atoms with Crippen molar-refractivity contribution in [2.45, 2.75) is 0 Å². The van der Waals surface area contributed by atoms with Crippen molar-refractivity contribution in [1.82, 2.24) is 4.98 Å². The van der Waals surface area contributed by atoms with Crippen molar-refractivity contribution >= 4 is 32.8 Å². The predicted octanol–water partition coefficient (Wildman–Crippen LogP) is 4.23. The molecule has 0 aliphatic rings. The number of halogens is 1. The Bertz CT molecular complexity index is 848. The first-order chi connectivity index (χ1) is 10.7. The molecule has 0 saturated carbocycles. The number of ether oxygens (including phenoxy) is 2. The third-order valence-corrected chi connectivity index (χ3v) is 3.80. The molecule has 0 amide bonds. The van der Waals surface area contributed by atoms with Crippen molar-refractivity contribution in [1.29, 1.82) is 0 Å². The summed E-state index contributed by atoms with van der Waals surface area (Å²) in [5, 5.41) is 0.900.